The quantitative estimate of drug-likeness (QED) is 0.699. The normalized spacial score (nSPS) is 19.8. The minimum absolute atomic E-state index is 0.425. The minimum Gasteiger partial charge on any atom is -0.477 e. The van der Waals surface area contributed by atoms with Crippen molar-refractivity contribution in [1.82, 2.24) is 0 Å². The second-order valence-electron chi connectivity index (χ2n) is 3.36. The van der Waals surface area contributed by atoms with Crippen molar-refractivity contribution in [3.05, 3.63) is 24.3 Å². The molecule has 1 aliphatic rings. The summed E-state index contributed by atoms with van der Waals surface area (Å²) < 4.78 is 5.45. The first-order valence-corrected chi connectivity index (χ1v) is 4.44. The first-order chi connectivity index (χ1) is 6.68. The van der Waals surface area contributed by atoms with Crippen LogP contribution in [-0.2, 0) is 4.79 Å². The first kappa shape index (κ1) is 8.87. The summed E-state index contributed by atoms with van der Waals surface area (Å²) in [5.74, 6) is 0.288. The summed E-state index contributed by atoms with van der Waals surface area (Å²) in [6.07, 6.45) is -0.546. The van der Waals surface area contributed by atoms with E-state index in [0.29, 0.717) is 12.3 Å². The first-order valence-electron chi connectivity index (χ1n) is 4.44. The van der Waals surface area contributed by atoms with Crippen LogP contribution in [0.5, 0.6) is 5.75 Å². The molecule has 1 aromatic rings. The number of rotatable bonds is 1. The number of fused-ring (bicyclic) bond motifs is 1. The van der Waals surface area contributed by atoms with Crippen LogP contribution in [0.1, 0.15) is 0 Å². The number of carbonyl (C=O) groups is 1. The zero-order valence-corrected chi connectivity index (χ0v) is 7.93. The van der Waals surface area contributed by atoms with Crippen LogP contribution in [0.25, 0.3) is 0 Å². The standard InChI is InChI=1S/C10H12N2O2/c1-12-6-9(10(11)13)14-8-5-3-2-4-7(8)12/h2-5,9H,6H2,1H3,(H2,11,13)/t9-/m0/s1. The number of likely N-dealkylation sites (N-methyl/N-ethyl adjacent to an activating group) is 1. The van der Waals surface area contributed by atoms with Crippen LogP contribution in [0.15, 0.2) is 24.3 Å². The maximum Gasteiger partial charge on any atom is 0.260 e. The summed E-state index contributed by atoms with van der Waals surface area (Å²) in [5, 5.41) is 0. The summed E-state index contributed by atoms with van der Waals surface area (Å²) in [6, 6.07) is 7.59. The van der Waals surface area contributed by atoms with Crippen LogP contribution < -0.4 is 15.4 Å². The topological polar surface area (TPSA) is 55.6 Å². The summed E-state index contributed by atoms with van der Waals surface area (Å²) in [4.78, 5) is 12.9. The molecule has 0 saturated heterocycles. The van der Waals surface area contributed by atoms with Crippen LogP contribution >= 0.6 is 0 Å². The molecule has 1 heterocycles. The zero-order chi connectivity index (χ0) is 10.1. The molecule has 0 fully saturated rings. The van der Waals surface area contributed by atoms with Crippen molar-refractivity contribution in [2.45, 2.75) is 6.10 Å². The molecule has 0 radical (unpaired) electrons. The lowest BCUT2D eigenvalue weighted by Crippen LogP contribution is -2.45. The van der Waals surface area contributed by atoms with Crippen molar-refractivity contribution >= 4 is 11.6 Å². The Labute approximate surface area is 82.3 Å². The van der Waals surface area contributed by atoms with E-state index in [1.54, 1.807) is 0 Å². The predicted molar refractivity (Wildman–Crippen MR) is 53.3 cm³/mol. The Morgan fingerprint density at radius 2 is 2.29 bits per heavy atom. The molecular formula is C10H12N2O2. The van der Waals surface area contributed by atoms with E-state index in [0.717, 1.165) is 5.69 Å². The summed E-state index contributed by atoms with van der Waals surface area (Å²) in [6.45, 7) is 0.506. The van der Waals surface area contributed by atoms with Gasteiger partial charge in [-0.05, 0) is 12.1 Å². The third-order valence-corrected chi connectivity index (χ3v) is 2.30. The molecule has 0 bridgehead atoms. The van der Waals surface area contributed by atoms with E-state index < -0.39 is 12.0 Å². The van der Waals surface area contributed by atoms with Crippen molar-refractivity contribution in [2.24, 2.45) is 5.73 Å². The van der Waals surface area contributed by atoms with Gasteiger partial charge in [-0.3, -0.25) is 4.79 Å². The summed E-state index contributed by atoms with van der Waals surface area (Å²) >= 11 is 0. The second kappa shape index (κ2) is 3.21. The Hall–Kier alpha value is -1.71. The number of hydrogen-bond donors (Lipinski definition) is 1. The van der Waals surface area contributed by atoms with Gasteiger partial charge in [-0.15, -0.1) is 0 Å². The molecule has 0 spiro atoms. The fraction of sp³-hybridized carbons (Fsp3) is 0.300. The van der Waals surface area contributed by atoms with Gasteiger partial charge in [0.05, 0.1) is 12.2 Å². The fourth-order valence-electron chi connectivity index (χ4n) is 1.56. The van der Waals surface area contributed by atoms with E-state index in [2.05, 4.69) is 0 Å². The number of amides is 1. The highest BCUT2D eigenvalue weighted by atomic mass is 16.5. The molecule has 4 heteroatoms. The number of nitrogens with two attached hydrogens (primary N) is 1. The Kier molecular flexibility index (Phi) is 2.04. The number of nitrogens with zero attached hydrogens (tertiary/aromatic N) is 1. The molecule has 0 aromatic heterocycles. The maximum atomic E-state index is 11.0. The van der Waals surface area contributed by atoms with Gasteiger partial charge in [0.2, 0.25) is 0 Å². The number of carbonyl (C=O) groups excluding carboxylic acids is 1. The largest absolute Gasteiger partial charge is 0.477 e. The van der Waals surface area contributed by atoms with Crippen LogP contribution in [0.3, 0.4) is 0 Å². The minimum atomic E-state index is -0.546. The number of anilines is 1. The van der Waals surface area contributed by atoms with E-state index in [-0.39, 0.29) is 0 Å². The van der Waals surface area contributed by atoms with Gasteiger partial charge in [-0.25, -0.2) is 0 Å². The molecule has 0 saturated carbocycles. The second-order valence-corrected chi connectivity index (χ2v) is 3.36. The van der Waals surface area contributed by atoms with E-state index in [1.807, 2.05) is 36.2 Å². The lowest BCUT2D eigenvalue weighted by molar-refractivity contribution is -0.124. The molecule has 0 aliphatic carbocycles. The Balaban J connectivity index is 2.33. The summed E-state index contributed by atoms with van der Waals surface area (Å²) in [5.41, 5.74) is 6.19. The van der Waals surface area contributed by atoms with E-state index in [9.17, 15) is 4.79 Å². The lowest BCUT2D eigenvalue weighted by Gasteiger charge is -2.32. The van der Waals surface area contributed by atoms with Gasteiger partial charge in [0, 0.05) is 7.05 Å². The third-order valence-electron chi connectivity index (χ3n) is 2.30. The third kappa shape index (κ3) is 1.39. The predicted octanol–water partition coefficient (Wildman–Crippen LogP) is 0.369. The van der Waals surface area contributed by atoms with Gasteiger partial charge in [-0.1, -0.05) is 12.1 Å². The van der Waals surface area contributed by atoms with Gasteiger partial charge in [-0.2, -0.15) is 0 Å². The number of ether oxygens (including phenoxy) is 1. The van der Waals surface area contributed by atoms with Crippen LogP contribution in [-0.4, -0.2) is 25.6 Å². The Morgan fingerprint density at radius 3 is 3.00 bits per heavy atom. The smallest absolute Gasteiger partial charge is 0.260 e. The van der Waals surface area contributed by atoms with Gasteiger partial charge in [0.1, 0.15) is 5.75 Å². The lowest BCUT2D eigenvalue weighted by atomic mass is 10.2. The van der Waals surface area contributed by atoms with E-state index in [4.69, 9.17) is 10.5 Å². The molecule has 4 nitrogen and oxygen atoms in total. The molecule has 74 valence electrons. The number of hydrogen-bond acceptors (Lipinski definition) is 3. The molecule has 1 atom stereocenters. The molecule has 1 amide bonds. The van der Waals surface area contributed by atoms with Crippen molar-refractivity contribution < 1.29 is 9.53 Å². The van der Waals surface area contributed by atoms with Gasteiger partial charge < -0.3 is 15.4 Å². The molecule has 0 unspecified atom stereocenters. The van der Waals surface area contributed by atoms with E-state index >= 15 is 0 Å². The van der Waals surface area contributed by atoms with Gasteiger partial charge >= 0.3 is 0 Å². The number of primary amides is 1. The zero-order valence-electron chi connectivity index (χ0n) is 7.93. The highest BCUT2D eigenvalue weighted by Gasteiger charge is 2.26. The van der Waals surface area contributed by atoms with Crippen molar-refractivity contribution in [2.75, 3.05) is 18.5 Å². The number of para-hydroxylation sites is 2. The van der Waals surface area contributed by atoms with Crippen LogP contribution in [0, 0.1) is 0 Å². The van der Waals surface area contributed by atoms with Crippen LogP contribution in [0.4, 0.5) is 5.69 Å². The Morgan fingerprint density at radius 1 is 1.57 bits per heavy atom. The van der Waals surface area contributed by atoms with Crippen LogP contribution in [0.2, 0.25) is 0 Å². The van der Waals surface area contributed by atoms with Gasteiger partial charge in [0.25, 0.3) is 5.91 Å². The molecule has 2 N–H and O–H groups in total. The SMILES string of the molecule is CN1C[C@@H](C(N)=O)Oc2ccccc21. The average Bonchev–Trinajstić information content (AvgIpc) is 2.17. The van der Waals surface area contributed by atoms with E-state index in [1.165, 1.54) is 0 Å². The molecule has 14 heavy (non-hydrogen) atoms. The number of benzene rings is 1. The van der Waals surface area contributed by atoms with Crippen molar-refractivity contribution in [3.8, 4) is 5.75 Å². The molecule has 2 rings (SSSR count). The van der Waals surface area contributed by atoms with Crippen molar-refractivity contribution in [3.63, 3.8) is 0 Å². The molecule has 1 aliphatic heterocycles. The summed E-state index contributed by atoms with van der Waals surface area (Å²) in [7, 11) is 1.91. The maximum absolute atomic E-state index is 11.0. The molecular weight excluding hydrogens is 180 g/mol. The Bertz CT molecular complexity index is 365. The highest BCUT2D eigenvalue weighted by Crippen LogP contribution is 2.31. The van der Waals surface area contributed by atoms with Gasteiger partial charge in [0.15, 0.2) is 6.10 Å². The average molecular weight is 192 g/mol. The van der Waals surface area contributed by atoms with Crippen molar-refractivity contribution in [1.29, 1.82) is 0 Å². The molecule has 1 aromatic carbocycles. The fourth-order valence-corrected chi connectivity index (χ4v) is 1.56. The monoisotopic (exact) mass is 192 g/mol. The highest BCUT2D eigenvalue weighted by molar-refractivity contribution is 5.81.